The summed E-state index contributed by atoms with van der Waals surface area (Å²) in [6, 6.07) is 18.1. The van der Waals surface area contributed by atoms with E-state index in [4.69, 9.17) is 4.74 Å². The van der Waals surface area contributed by atoms with Gasteiger partial charge < -0.3 is 10.1 Å². The van der Waals surface area contributed by atoms with Crippen LogP contribution >= 0.6 is 0 Å². The molecule has 0 radical (unpaired) electrons. The van der Waals surface area contributed by atoms with Crippen molar-refractivity contribution in [1.82, 2.24) is 0 Å². The predicted molar refractivity (Wildman–Crippen MR) is 102 cm³/mol. The number of anilines is 1. The van der Waals surface area contributed by atoms with Crippen molar-refractivity contribution >= 4 is 11.6 Å². The molecular weight excluding hydrogens is 310 g/mol. The number of rotatable bonds is 8. The summed E-state index contributed by atoms with van der Waals surface area (Å²) in [5.41, 5.74) is 2.16. The third-order valence-corrected chi connectivity index (χ3v) is 4.79. The van der Waals surface area contributed by atoms with Crippen molar-refractivity contribution in [3.63, 3.8) is 0 Å². The second kappa shape index (κ2) is 9.26. The van der Waals surface area contributed by atoms with E-state index in [0.29, 0.717) is 18.9 Å². The first-order valence-electron chi connectivity index (χ1n) is 9.36. The van der Waals surface area contributed by atoms with Crippen LogP contribution < -0.4 is 10.1 Å². The van der Waals surface area contributed by atoms with Gasteiger partial charge in [-0.15, -0.1) is 0 Å². The highest BCUT2D eigenvalue weighted by atomic mass is 16.5. The van der Waals surface area contributed by atoms with Crippen LogP contribution in [0.25, 0.3) is 0 Å². The molecule has 3 nitrogen and oxygen atoms in total. The first-order chi connectivity index (χ1) is 12.3. The fourth-order valence-corrected chi connectivity index (χ4v) is 3.46. The summed E-state index contributed by atoms with van der Waals surface area (Å²) in [5.74, 6) is 1.50. The minimum Gasteiger partial charge on any atom is -0.494 e. The molecular formula is C22H27NO2. The van der Waals surface area contributed by atoms with Crippen LogP contribution in [0.5, 0.6) is 5.75 Å². The Balaban J connectivity index is 1.42. The first-order valence-corrected chi connectivity index (χ1v) is 9.36. The van der Waals surface area contributed by atoms with Crippen molar-refractivity contribution in [1.29, 1.82) is 0 Å². The molecule has 1 aliphatic carbocycles. The molecule has 0 heterocycles. The molecule has 0 aliphatic heterocycles. The molecule has 0 atom stereocenters. The number of ether oxygens (including phenoxy) is 1. The first kappa shape index (κ1) is 17.5. The number of amides is 1. The lowest BCUT2D eigenvalue weighted by Crippen LogP contribution is -2.15. The van der Waals surface area contributed by atoms with E-state index in [9.17, 15) is 4.79 Å². The molecule has 0 spiro atoms. The van der Waals surface area contributed by atoms with Crippen LogP contribution in [0.2, 0.25) is 0 Å². The van der Waals surface area contributed by atoms with E-state index in [1.807, 2.05) is 30.3 Å². The largest absolute Gasteiger partial charge is 0.494 e. The van der Waals surface area contributed by atoms with Gasteiger partial charge in [0.1, 0.15) is 5.75 Å². The van der Waals surface area contributed by atoms with Crippen molar-refractivity contribution in [2.24, 2.45) is 5.92 Å². The molecule has 0 aromatic heterocycles. The summed E-state index contributed by atoms with van der Waals surface area (Å²) in [4.78, 5) is 12.1. The van der Waals surface area contributed by atoms with E-state index in [0.717, 1.165) is 24.3 Å². The molecule has 1 N–H and O–H groups in total. The highest BCUT2D eigenvalue weighted by Gasteiger charge is 2.18. The van der Waals surface area contributed by atoms with Gasteiger partial charge in [0.25, 0.3) is 0 Å². The molecule has 25 heavy (non-hydrogen) atoms. The Morgan fingerprint density at radius 3 is 2.64 bits per heavy atom. The highest BCUT2D eigenvalue weighted by molar-refractivity contribution is 5.91. The Labute approximate surface area is 150 Å². The summed E-state index contributed by atoms with van der Waals surface area (Å²) in [7, 11) is 0. The average molecular weight is 337 g/mol. The van der Waals surface area contributed by atoms with Crippen molar-refractivity contribution in [2.45, 2.75) is 44.9 Å². The quantitative estimate of drug-likeness (QED) is 0.671. The standard InChI is InChI=1S/C22H27NO2/c24-22(16-19-10-4-5-11-19)23-20-13-6-14-21(17-20)25-15-7-12-18-8-2-1-3-9-18/h1-3,6,8-9,13-14,17,19H,4-5,7,10-12,15-16H2,(H,23,24). The van der Waals surface area contributed by atoms with Crippen molar-refractivity contribution in [2.75, 3.05) is 11.9 Å². The fourth-order valence-electron chi connectivity index (χ4n) is 3.46. The number of benzene rings is 2. The Bertz CT molecular complexity index is 663. The van der Waals surface area contributed by atoms with Gasteiger partial charge in [0.2, 0.25) is 5.91 Å². The maximum Gasteiger partial charge on any atom is 0.224 e. The smallest absolute Gasteiger partial charge is 0.224 e. The molecule has 0 unspecified atom stereocenters. The topological polar surface area (TPSA) is 38.3 Å². The number of hydrogen-bond donors (Lipinski definition) is 1. The number of nitrogens with one attached hydrogen (secondary N) is 1. The molecule has 0 saturated heterocycles. The van der Waals surface area contributed by atoms with Gasteiger partial charge in [-0.25, -0.2) is 0 Å². The van der Waals surface area contributed by atoms with Gasteiger partial charge >= 0.3 is 0 Å². The van der Waals surface area contributed by atoms with Crippen molar-refractivity contribution < 1.29 is 9.53 Å². The number of hydrogen-bond acceptors (Lipinski definition) is 2. The second-order valence-corrected chi connectivity index (χ2v) is 6.87. The van der Waals surface area contributed by atoms with Gasteiger partial charge in [-0.1, -0.05) is 49.2 Å². The Morgan fingerprint density at radius 1 is 1.04 bits per heavy atom. The number of carbonyl (C=O) groups excluding carboxylic acids is 1. The fraction of sp³-hybridized carbons (Fsp3) is 0.409. The third kappa shape index (κ3) is 5.93. The molecule has 2 aromatic rings. The van der Waals surface area contributed by atoms with Gasteiger partial charge in [-0.3, -0.25) is 4.79 Å². The van der Waals surface area contributed by atoms with Gasteiger partial charge in [-0.2, -0.15) is 0 Å². The summed E-state index contributed by atoms with van der Waals surface area (Å²) < 4.78 is 5.83. The van der Waals surface area contributed by atoms with E-state index in [1.165, 1.54) is 31.2 Å². The molecule has 2 aromatic carbocycles. The van der Waals surface area contributed by atoms with Crippen LogP contribution in [0.3, 0.4) is 0 Å². The minimum atomic E-state index is 0.119. The average Bonchev–Trinajstić information content (AvgIpc) is 3.13. The molecule has 1 saturated carbocycles. The molecule has 1 aliphatic rings. The van der Waals surface area contributed by atoms with Gasteiger partial charge in [0.05, 0.1) is 6.61 Å². The monoisotopic (exact) mass is 337 g/mol. The van der Waals surface area contributed by atoms with Crippen LogP contribution in [-0.2, 0) is 11.2 Å². The maximum atomic E-state index is 12.1. The maximum absolute atomic E-state index is 12.1. The van der Waals surface area contributed by atoms with Gasteiger partial charge in [0.15, 0.2) is 0 Å². The summed E-state index contributed by atoms with van der Waals surface area (Å²) in [6.07, 6.45) is 7.55. The molecule has 3 rings (SSSR count). The lowest BCUT2D eigenvalue weighted by Gasteiger charge is -2.11. The minimum absolute atomic E-state index is 0.119. The zero-order valence-electron chi connectivity index (χ0n) is 14.7. The zero-order chi connectivity index (χ0) is 17.3. The number of aryl methyl sites for hydroxylation is 1. The Morgan fingerprint density at radius 2 is 1.84 bits per heavy atom. The predicted octanol–water partition coefficient (Wildman–Crippen LogP) is 5.22. The molecule has 132 valence electrons. The SMILES string of the molecule is O=C(CC1CCCC1)Nc1cccc(OCCCc2ccccc2)c1. The van der Waals surface area contributed by atoms with Crippen LogP contribution in [0.4, 0.5) is 5.69 Å². The van der Waals surface area contributed by atoms with Crippen LogP contribution in [0, 0.1) is 5.92 Å². The zero-order valence-corrected chi connectivity index (χ0v) is 14.7. The highest BCUT2D eigenvalue weighted by Crippen LogP contribution is 2.28. The van der Waals surface area contributed by atoms with Gasteiger partial charge in [-0.05, 0) is 49.3 Å². The summed E-state index contributed by atoms with van der Waals surface area (Å²) in [5, 5.41) is 3.01. The van der Waals surface area contributed by atoms with E-state index in [1.54, 1.807) is 0 Å². The lowest BCUT2D eigenvalue weighted by molar-refractivity contribution is -0.117. The summed E-state index contributed by atoms with van der Waals surface area (Å²) >= 11 is 0. The van der Waals surface area contributed by atoms with Gasteiger partial charge in [0, 0.05) is 18.2 Å². The molecule has 3 heteroatoms. The van der Waals surface area contributed by atoms with E-state index < -0.39 is 0 Å². The molecule has 1 amide bonds. The normalized spacial score (nSPS) is 14.4. The second-order valence-electron chi connectivity index (χ2n) is 6.87. The van der Waals surface area contributed by atoms with Crippen molar-refractivity contribution in [3.8, 4) is 5.75 Å². The molecule has 1 fully saturated rings. The third-order valence-electron chi connectivity index (χ3n) is 4.79. The van der Waals surface area contributed by atoms with Crippen molar-refractivity contribution in [3.05, 3.63) is 60.2 Å². The number of carbonyl (C=O) groups is 1. The van der Waals surface area contributed by atoms with Crippen LogP contribution in [0.15, 0.2) is 54.6 Å². The lowest BCUT2D eigenvalue weighted by atomic mass is 10.0. The van der Waals surface area contributed by atoms with E-state index in [-0.39, 0.29) is 5.91 Å². The van der Waals surface area contributed by atoms with Crippen LogP contribution in [-0.4, -0.2) is 12.5 Å². The van der Waals surface area contributed by atoms with E-state index in [2.05, 4.69) is 29.6 Å². The van der Waals surface area contributed by atoms with Crippen LogP contribution in [0.1, 0.15) is 44.1 Å². The Kier molecular flexibility index (Phi) is 6.49. The summed E-state index contributed by atoms with van der Waals surface area (Å²) in [6.45, 7) is 0.675. The van der Waals surface area contributed by atoms with E-state index >= 15 is 0 Å². The molecule has 0 bridgehead atoms. The Hall–Kier alpha value is -2.29.